The predicted molar refractivity (Wildman–Crippen MR) is 352 cm³/mol. The van der Waals surface area contributed by atoms with Crippen LogP contribution in [0.15, 0.2) is 146 Å². The zero-order chi connectivity index (χ0) is 58.5. The molecule has 1 atom stereocenters. The summed E-state index contributed by atoms with van der Waals surface area (Å²) in [4.78, 5) is 38.3. The van der Waals surface area contributed by atoms with Gasteiger partial charge < -0.3 is 14.2 Å². The molecule has 0 saturated carbocycles. The van der Waals surface area contributed by atoms with Crippen LogP contribution in [0.5, 0.6) is 0 Å². The maximum absolute atomic E-state index is 12.9. The molecule has 0 saturated heterocycles. The molecule has 0 aliphatic carbocycles. The summed E-state index contributed by atoms with van der Waals surface area (Å²) < 4.78 is 16.8. The smallest absolute Gasteiger partial charge is 0.309 e. The van der Waals surface area contributed by atoms with Crippen LogP contribution in [0.2, 0.25) is 0 Å². The Bertz CT molecular complexity index is 1760. The molecule has 6 heteroatoms. The van der Waals surface area contributed by atoms with Gasteiger partial charge in [-0.1, -0.05) is 321 Å². The number of unbranched alkanes of at least 4 members (excludes halogenated alkanes) is 25. The first-order valence-electron chi connectivity index (χ1n) is 33.3. The minimum Gasteiger partial charge on any atom is -0.462 e. The second-order valence-corrected chi connectivity index (χ2v) is 21.6. The lowest BCUT2D eigenvalue weighted by Gasteiger charge is -2.18. The molecule has 0 spiro atoms. The molecule has 458 valence electrons. The summed E-state index contributed by atoms with van der Waals surface area (Å²) in [7, 11) is 0. The molecule has 0 aromatic rings. The fourth-order valence-corrected chi connectivity index (χ4v) is 8.98. The lowest BCUT2D eigenvalue weighted by Crippen LogP contribution is -2.30. The topological polar surface area (TPSA) is 78.9 Å². The van der Waals surface area contributed by atoms with Crippen molar-refractivity contribution in [1.82, 2.24) is 0 Å². The van der Waals surface area contributed by atoms with E-state index in [1.807, 2.05) is 6.08 Å². The van der Waals surface area contributed by atoms with Gasteiger partial charge in [0, 0.05) is 12.8 Å². The average Bonchev–Trinajstić information content (AvgIpc) is 3.47. The fraction of sp³-hybridized carbons (Fsp3) is 0.640. The minimum absolute atomic E-state index is 0.110. The number of hydrogen-bond acceptors (Lipinski definition) is 6. The van der Waals surface area contributed by atoms with Crippen LogP contribution in [0, 0.1) is 0 Å². The Labute approximate surface area is 499 Å². The standard InChI is InChI=1S/C75H122O6/c1-4-7-10-13-16-19-22-25-28-30-32-34-36-37-39-40-42-44-47-50-53-56-59-62-65-68-74(77)80-71-72(70-79-73(76)67-64-61-58-55-52-49-46-27-24-21-18-15-12-9-6-3)81-75(78)69-66-63-60-57-54-51-48-45-43-41-38-35-33-31-29-26-23-20-17-14-11-8-5-2/h8-9,11-12,17-18,20-21,26-27,29,33,35,41,43,46,48,51-52,55,57,60-61,64,72H,4-7,10,13-16,19,22-25,28,30-32,34,36-40,42,44-45,47,49-50,53-54,56,58-59,62-63,65-71H2,1-3H3/b11-8-,12-9-,20-17-,21-18-,29-26-,35-33-,43-41-,46-27-,51-48-,55-52-,60-57-,64-61-. The highest BCUT2D eigenvalue weighted by Gasteiger charge is 2.19. The maximum Gasteiger partial charge on any atom is 0.309 e. The second kappa shape index (κ2) is 67.8. The highest BCUT2D eigenvalue weighted by atomic mass is 16.6. The Morgan fingerprint density at radius 2 is 0.531 bits per heavy atom. The van der Waals surface area contributed by atoms with Gasteiger partial charge in [-0.15, -0.1) is 0 Å². The molecular weight excluding hydrogens is 997 g/mol. The predicted octanol–water partition coefficient (Wildman–Crippen LogP) is 23.1. The molecule has 0 N–H and O–H groups in total. The SMILES string of the molecule is CC/C=C\C/C=C\C/C=C\C/C=C\C/C=C\C/C=C\C/C=C\CCCC(=O)OC(COC(=O)C/C=C\C/C=C\C/C=C\C/C=C\C/C=C\CC)COC(=O)CCCCCCCCCCCCCCCCCCCCCCCCCCC. The van der Waals surface area contributed by atoms with Crippen molar-refractivity contribution in [2.24, 2.45) is 0 Å². The first kappa shape index (κ1) is 76.3. The summed E-state index contributed by atoms with van der Waals surface area (Å²) in [5, 5.41) is 0. The van der Waals surface area contributed by atoms with Gasteiger partial charge in [-0.2, -0.15) is 0 Å². The van der Waals surface area contributed by atoms with E-state index in [0.29, 0.717) is 12.8 Å². The largest absolute Gasteiger partial charge is 0.462 e. The molecule has 0 fully saturated rings. The second-order valence-electron chi connectivity index (χ2n) is 21.6. The number of carbonyl (C=O) groups excluding carboxylic acids is 3. The number of hydrogen-bond donors (Lipinski definition) is 0. The molecule has 0 aromatic carbocycles. The molecule has 81 heavy (non-hydrogen) atoms. The van der Waals surface area contributed by atoms with Crippen LogP contribution >= 0.6 is 0 Å². The molecule has 0 aliphatic rings. The Morgan fingerprint density at radius 3 is 0.852 bits per heavy atom. The summed E-state index contributed by atoms with van der Waals surface area (Å²) in [5.41, 5.74) is 0. The van der Waals surface area contributed by atoms with Crippen LogP contribution in [0.4, 0.5) is 0 Å². The van der Waals surface area contributed by atoms with E-state index < -0.39 is 18.0 Å². The molecule has 0 heterocycles. The fourth-order valence-electron chi connectivity index (χ4n) is 8.98. The van der Waals surface area contributed by atoms with Gasteiger partial charge in [0.25, 0.3) is 0 Å². The highest BCUT2D eigenvalue weighted by Crippen LogP contribution is 2.17. The van der Waals surface area contributed by atoms with E-state index in [1.165, 1.54) is 141 Å². The first-order valence-corrected chi connectivity index (χ1v) is 33.3. The molecule has 1 unspecified atom stereocenters. The first-order chi connectivity index (χ1) is 40.0. The van der Waals surface area contributed by atoms with Crippen molar-refractivity contribution >= 4 is 17.9 Å². The molecule has 0 rings (SSSR count). The van der Waals surface area contributed by atoms with E-state index >= 15 is 0 Å². The van der Waals surface area contributed by atoms with Crippen molar-refractivity contribution in [1.29, 1.82) is 0 Å². The van der Waals surface area contributed by atoms with Crippen LogP contribution in [0.3, 0.4) is 0 Å². The van der Waals surface area contributed by atoms with Gasteiger partial charge >= 0.3 is 17.9 Å². The van der Waals surface area contributed by atoms with Gasteiger partial charge in [0.05, 0.1) is 6.42 Å². The lowest BCUT2D eigenvalue weighted by atomic mass is 10.0. The van der Waals surface area contributed by atoms with Crippen molar-refractivity contribution in [3.63, 3.8) is 0 Å². The Morgan fingerprint density at radius 1 is 0.272 bits per heavy atom. The van der Waals surface area contributed by atoms with Crippen LogP contribution in [-0.2, 0) is 28.6 Å². The summed E-state index contributed by atoms with van der Waals surface area (Å²) in [6, 6.07) is 0. The van der Waals surface area contributed by atoms with E-state index in [9.17, 15) is 14.4 Å². The van der Waals surface area contributed by atoms with E-state index in [0.717, 1.165) is 103 Å². The van der Waals surface area contributed by atoms with Crippen LogP contribution in [0.25, 0.3) is 0 Å². The van der Waals surface area contributed by atoms with Crippen molar-refractivity contribution in [3.05, 3.63) is 146 Å². The monoisotopic (exact) mass is 1120 g/mol. The average molecular weight is 1120 g/mol. The third-order valence-corrected chi connectivity index (χ3v) is 13.9. The number of allylic oxidation sites excluding steroid dienone is 23. The van der Waals surface area contributed by atoms with Crippen molar-refractivity contribution < 1.29 is 28.6 Å². The van der Waals surface area contributed by atoms with Crippen LogP contribution < -0.4 is 0 Å². The summed E-state index contributed by atoms with van der Waals surface area (Å²) in [5.74, 6) is -1.13. The molecule has 0 aliphatic heterocycles. The van der Waals surface area contributed by atoms with E-state index in [1.54, 1.807) is 6.08 Å². The molecule has 0 bridgehead atoms. The number of rotatable bonds is 59. The van der Waals surface area contributed by atoms with Gasteiger partial charge in [-0.05, 0) is 96.3 Å². The van der Waals surface area contributed by atoms with Gasteiger partial charge in [0.2, 0.25) is 0 Å². The molecule has 0 aromatic heterocycles. The summed E-state index contributed by atoms with van der Waals surface area (Å²) in [6.45, 7) is 6.30. The molecule has 0 radical (unpaired) electrons. The maximum atomic E-state index is 12.9. The van der Waals surface area contributed by atoms with Crippen molar-refractivity contribution in [2.45, 2.75) is 297 Å². The van der Waals surface area contributed by atoms with E-state index in [2.05, 4.69) is 154 Å². The Balaban J connectivity index is 4.49. The van der Waals surface area contributed by atoms with Crippen molar-refractivity contribution in [3.8, 4) is 0 Å². The highest BCUT2D eigenvalue weighted by molar-refractivity contribution is 5.72. The third-order valence-electron chi connectivity index (χ3n) is 13.9. The third kappa shape index (κ3) is 66.0. The van der Waals surface area contributed by atoms with Gasteiger partial charge in [-0.25, -0.2) is 0 Å². The summed E-state index contributed by atoms with van der Waals surface area (Å²) >= 11 is 0. The lowest BCUT2D eigenvalue weighted by molar-refractivity contribution is -0.166. The van der Waals surface area contributed by atoms with Gasteiger partial charge in [-0.3, -0.25) is 14.4 Å². The molecule has 0 amide bonds. The van der Waals surface area contributed by atoms with Crippen LogP contribution in [0.1, 0.15) is 290 Å². The number of esters is 3. The quantitative estimate of drug-likeness (QED) is 0.0261. The van der Waals surface area contributed by atoms with Gasteiger partial charge in [0.1, 0.15) is 13.2 Å². The molecular formula is C75H122O6. The Kier molecular flexibility index (Phi) is 63.9. The number of ether oxygens (including phenoxy) is 3. The van der Waals surface area contributed by atoms with Crippen LogP contribution in [-0.4, -0.2) is 37.2 Å². The Hall–Kier alpha value is -4.71. The summed E-state index contributed by atoms with van der Waals surface area (Å²) in [6.07, 6.45) is 97.6. The van der Waals surface area contributed by atoms with E-state index in [-0.39, 0.29) is 32.0 Å². The zero-order valence-corrected chi connectivity index (χ0v) is 52.5. The normalized spacial score (nSPS) is 13.1. The molecule has 6 nitrogen and oxygen atoms in total. The zero-order valence-electron chi connectivity index (χ0n) is 52.5. The minimum atomic E-state index is -0.855. The van der Waals surface area contributed by atoms with Crippen molar-refractivity contribution in [2.75, 3.05) is 13.2 Å². The van der Waals surface area contributed by atoms with Gasteiger partial charge in [0.15, 0.2) is 6.10 Å². The van der Waals surface area contributed by atoms with E-state index in [4.69, 9.17) is 14.2 Å². The number of carbonyl (C=O) groups is 3.